The fourth-order valence-corrected chi connectivity index (χ4v) is 3.37. The van der Waals surface area contributed by atoms with Crippen LogP contribution in [-0.4, -0.2) is 34.1 Å². The second-order valence-electron chi connectivity index (χ2n) is 6.68. The van der Waals surface area contributed by atoms with E-state index in [0.717, 1.165) is 38.8 Å². The molecule has 2 aliphatic rings. The van der Waals surface area contributed by atoms with Gasteiger partial charge in [-0.1, -0.05) is 20.3 Å². The Balaban J connectivity index is 1.76. The molecule has 0 radical (unpaired) electrons. The number of carbonyl (C=O) groups is 1. The molecule has 0 unspecified atom stereocenters. The van der Waals surface area contributed by atoms with E-state index in [1.807, 2.05) is 18.7 Å². The highest BCUT2D eigenvalue weighted by Crippen LogP contribution is 2.32. The molecule has 0 bridgehead atoms. The van der Waals surface area contributed by atoms with E-state index in [0.29, 0.717) is 11.8 Å². The number of nitrogens with one attached hydrogen (secondary N) is 1. The Hall–Kier alpha value is -1.43. The Labute approximate surface area is 131 Å². The minimum absolute atomic E-state index is 0.00278. The van der Waals surface area contributed by atoms with Gasteiger partial charge in [-0.15, -0.1) is 10.2 Å². The van der Waals surface area contributed by atoms with Crippen LogP contribution in [0.5, 0.6) is 0 Å². The summed E-state index contributed by atoms with van der Waals surface area (Å²) in [7, 11) is 0. The molecule has 3 rings (SSSR count). The molecule has 1 aromatic heterocycles. The molecule has 3 heterocycles. The molecular weight excluding hydrogens is 280 g/mol. The van der Waals surface area contributed by atoms with E-state index < -0.39 is 0 Å². The first-order valence-electron chi connectivity index (χ1n) is 8.54. The summed E-state index contributed by atoms with van der Waals surface area (Å²) in [4.78, 5) is 14.3. The van der Waals surface area contributed by atoms with Gasteiger partial charge in [0.25, 0.3) is 0 Å². The van der Waals surface area contributed by atoms with Gasteiger partial charge < -0.3 is 14.6 Å². The summed E-state index contributed by atoms with van der Waals surface area (Å²) in [6.45, 7) is 5.68. The zero-order valence-electron chi connectivity index (χ0n) is 13.5. The van der Waals surface area contributed by atoms with Crippen LogP contribution in [0.25, 0.3) is 0 Å². The van der Waals surface area contributed by atoms with E-state index in [-0.39, 0.29) is 23.9 Å². The Morgan fingerprint density at radius 3 is 2.68 bits per heavy atom. The van der Waals surface area contributed by atoms with Crippen molar-refractivity contribution in [3.05, 3.63) is 11.8 Å². The lowest BCUT2D eigenvalue weighted by Gasteiger charge is -2.34. The third-order valence-electron chi connectivity index (χ3n) is 4.63. The normalized spacial score (nSPS) is 26.4. The zero-order valence-corrected chi connectivity index (χ0v) is 13.5. The topological polar surface area (TPSA) is 71.3 Å². The maximum absolute atomic E-state index is 12.4. The molecule has 1 amide bonds. The average molecular weight is 306 g/mol. The van der Waals surface area contributed by atoms with Crippen LogP contribution in [-0.2, 0) is 4.79 Å². The van der Waals surface area contributed by atoms with Gasteiger partial charge in [0.1, 0.15) is 6.04 Å². The second kappa shape index (κ2) is 6.77. The summed E-state index contributed by atoms with van der Waals surface area (Å²) < 4.78 is 5.94. The van der Waals surface area contributed by atoms with Gasteiger partial charge in [0.15, 0.2) is 0 Å². The molecule has 0 saturated carbocycles. The van der Waals surface area contributed by atoms with Crippen molar-refractivity contribution in [2.24, 2.45) is 5.92 Å². The number of nitrogens with zero attached hydrogens (tertiary/aromatic N) is 3. The van der Waals surface area contributed by atoms with Gasteiger partial charge in [0, 0.05) is 12.5 Å². The first-order chi connectivity index (χ1) is 10.7. The molecule has 2 fully saturated rings. The molecule has 0 aromatic carbocycles. The fourth-order valence-electron chi connectivity index (χ4n) is 3.37. The summed E-state index contributed by atoms with van der Waals surface area (Å²) in [6, 6.07) is 0.126. The third-order valence-corrected chi connectivity index (χ3v) is 4.63. The van der Waals surface area contributed by atoms with Crippen molar-refractivity contribution in [2.45, 2.75) is 64.5 Å². The lowest BCUT2D eigenvalue weighted by molar-refractivity contribution is -0.139. The Morgan fingerprint density at radius 2 is 1.95 bits per heavy atom. The molecule has 2 saturated heterocycles. The summed E-state index contributed by atoms with van der Waals surface area (Å²) in [5, 5.41) is 11.9. The quantitative estimate of drug-likeness (QED) is 0.929. The maximum atomic E-state index is 12.4. The van der Waals surface area contributed by atoms with Gasteiger partial charge >= 0.3 is 0 Å². The van der Waals surface area contributed by atoms with Gasteiger partial charge in [-0.2, -0.15) is 0 Å². The number of hydrogen-bond acceptors (Lipinski definition) is 5. The molecule has 1 aromatic rings. The van der Waals surface area contributed by atoms with E-state index in [4.69, 9.17) is 4.42 Å². The lowest BCUT2D eigenvalue weighted by atomic mass is 10.00. The van der Waals surface area contributed by atoms with E-state index in [1.165, 1.54) is 12.8 Å². The number of piperidine rings is 2. The molecule has 2 aliphatic heterocycles. The van der Waals surface area contributed by atoms with Crippen LogP contribution in [0.4, 0.5) is 0 Å². The number of carbonyl (C=O) groups excluding carboxylic acids is 1. The smallest absolute Gasteiger partial charge is 0.239 e. The largest absolute Gasteiger partial charge is 0.421 e. The molecule has 0 spiro atoms. The summed E-state index contributed by atoms with van der Waals surface area (Å²) in [6.07, 6.45) is 6.51. The molecule has 122 valence electrons. The van der Waals surface area contributed by atoms with Gasteiger partial charge in [0.05, 0.1) is 6.04 Å². The third kappa shape index (κ3) is 3.16. The first kappa shape index (κ1) is 15.5. The molecule has 22 heavy (non-hydrogen) atoms. The second-order valence-corrected chi connectivity index (χ2v) is 6.68. The van der Waals surface area contributed by atoms with Crippen LogP contribution in [0, 0.1) is 5.92 Å². The van der Waals surface area contributed by atoms with Gasteiger partial charge in [0.2, 0.25) is 17.7 Å². The first-order valence-corrected chi connectivity index (χ1v) is 8.54. The van der Waals surface area contributed by atoms with Crippen LogP contribution in [0.2, 0.25) is 0 Å². The Kier molecular flexibility index (Phi) is 4.76. The number of amides is 1. The van der Waals surface area contributed by atoms with Crippen molar-refractivity contribution in [1.82, 2.24) is 20.4 Å². The molecule has 0 aliphatic carbocycles. The monoisotopic (exact) mass is 306 g/mol. The molecule has 6 heteroatoms. The van der Waals surface area contributed by atoms with Crippen LogP contribution < -0.4 is 5.32 Å². The van der Waals surface area contributed by atoms with E-state index in [1.54, 1.807) is 0 Å². The minimum atomic E-state index is -0.0477. The Bertz CT molecular complexity index is 508. The zero-order chi connectivity index (χ0) is 15.5. The predicted octanol–water partition coefficient (Wildman–Crippen LogP) is 2.59. The summed E-state index contributed by atoms with van der Waals surface area (Å²) >= 11 is 0. The van der Waals surface area contributed by atoms with Crippen molar-refractivity contribution < 1.29 is 9.21 Å². The van der Waals surface area contributed by atoms with Crippen molar-refractivity contribution in [3.8, 4) is 0 Å². The van der Waals surface area contributed by atoms with E-state index in [9.17, 15) is 4.79 Å². The molecule has 2 atom stereocenters. The average Bonchev–Trinajstić information content (AvgIpc) is 3.05. The highest BCUT2D eigenvalue weighted by molar-refractivity contribution is 5.78. The van der Waals surface area contributed by atoms with Gasteiger partial charge in [-0.3, -0.25) is 4.79 Å². The van der Waals surface area contributed by atoms with Gasteiger partial charge in [-0.05, 0) is 38.6 Å². The van der Waals surface area contributed by atoms with Crippen LogP contribution in [0.3, 0.4) is 0 Å². The standard InChI is InChI=1S/C16H26N4O2/c1-11(2)16(21)20-10-6-4-8-13(20)15-19-18-14(22-15)12-7-3-5-9-17-12/h11-13,17H,3-10H2,1-2H3/t12-,13-/m1/s1. The van der Waals surface area contributed by atoms with Crippen molar-refractivity contribution >= 4 is 5.91 Å². The number of rotatable bonds is 3. The highest BCUT2D eigenvalue weighted by Gasteiger charge is 2.33. The number of likely N-dealkylation sites (tertiary alicyclic amines) is 1. The molecule has 1 N–H and O–H groups in total. The highest BCUT2D eigenvalue weighted by atomic mass is 16.4. The fraction of sp³-hybridized carbons (Fsp3) is 0.812. The molecule has 6 nitrogen and oxygen atoms in total. The van der Waals surface area contributed by atoms with Crippen LogP contribution in [0.15, 0.2) is 4.42 Å². The number of aromatic nitrogens is 2. The van der Waals surface area contributed by atoms with Crippen molar-refractivity contribution in [3.63, 3.8) is 0 Å². The predicted molar refractivity (Wildman–Crippen MR) is 82.0 cm³/mol. The van der Waals surface area contributed by atoms with E-state index in [2.05, 4.69) is 15.5 Å². The summed E-state index contributed by atoms with van der Waals surface area (Å²) in [5.41, 5.74) is 0. The van der Waals surface area contributed by atoms with Crippen LogP contribution in [0.1, 0.15) is 76.2 Å². The minimum Gasteiger partial charge on any atom is -0.421 e. The van der Waals surface area contributed by atoms with Crippen molar-refractivity contribution in [2.75, 3.05) is 13.1 Å². The Morgan fingerprint density at radius 1 is 1.18 bits per heavy atom. The van der Waals surface area contributed by atoms with E-state index >= 15 is 0 Å². The molecular formula is C16H26N4O2. The SMILES string of the molecule is CC(C)C(=O)N1CCCC[C@@H]1c1nnc([C@H]2CCCCN2)o1. The van der Waals surface area contributed by atoms with Gasteiger partial charge in [-0.25, -0.2) is 0 Å². The van der Waals surface area contributed by atoms with Crippen molar-refractivity contribution in [1.29, 1.82) is 0 Å². The van der Waals surface area contributed by atoms with Crippen LogP contribution >= 0.6 is 0 Å². The number of hydrogen-bond donors (Lipinski definition) is 1. The maximum Gasteiger partial charge on any atom is 0.239 e. The lowest BCUT2D eigenvalue weighted by Crippen LogP contribution is -2.40. The summed E-state index contributed by atoms with van der Waals surface area (Å²) in [5.74, 6) is 1.47.